The first-order chi connectivity index (χ1) is 14.1. The topological polar surface area (TPSA) is 64.0 Å². The molecule has 1 heterocycles. The van der Waals surface area contributed by atoms with Gasteiger partial charge in [0, 0.05) is 17.0 Å². The molecule has 1 saturated carbocycles. The molecule has 0 atom stereocenters. The highest BCUT2D eigenvalue weighted by atomic mass is 35.5. The second-order valence-electron chi connectivity index (χ2n) is 7.29. The van der Waals surface area contributed by atoms with Crippen molar-refractivity contribution in [3.8, 4) is 0 Å². The molecule has 0 spiro atoms. The zero-order valence-corrected chi connectivity index (χ0v) is 16.7. The maximum Gasteiger partial charge on any atom is 0.280 e. The third-order valence-electron chi connectivity index (χ3n) is 5.31. The van der Waals surface area contributed by atoms with E-state index in [1.54, 1.807) is 24.3 Å². The van der Waals surface area contributed by atoms with Crippen molar-refractivity contribution in [3.63, 3.8) is 0 Å². The number of halogens is 1. The molecule has 1 amide bonds. The number of para-hydroxylation sites is 1. The van der Waals surface area contributed by atoms with Gasteiger partial charge in [0.25, 0.3) is 11.5 Å². The number of hydrogen-bond acceptors (Lipinski definition) is 3. The van der Waals surface area contributed by atoms with Crippen LogP contribution >= 0.6 is 11.6 Å². The lowest BCUT2D eigenvalue weighted by atomic mass is 9.88. The molecule has 2 aromatic carbocycles. The highest BCUT2D eigenvalue weighted by Crippen LogP contribution is 2.31. The van der Waals surface area contributed by atoms with E-state index in [4.69, 9.17) is 16.6 Å². The van der Waals surface area contributed by atoms with Gasteiger partial charge in [0.15, 0.2) is 0 Å². The Morgan fingerprint density at radius 2 is 1.79 bits per heavy atom. The van der Waals surface area contributed by atoms with E-state index in [0.29, 0.717) is 21.7 Å². The van der Waals surface area contributed by atoms with E-state index >= 15 is 0 Å². The molecule has 1 fully saturated rings. The molecule has 0 saturated heterocycles. The Balaban J connectivity index is 1.69. The molecule has 29 heavy (non-hydrogen) atoms. The molecule has 0 aliphatic heterocycles. The average Bonchev–Trinajstić information content (AvgIpc) is 2.75. The van der Waals surface area contributed by atoms with Gasteiger partial charge in [-0.3, -0.25) is 15.0 Å². The Morgan fingerprint density at radius 1 is 1.07 bits per heavy atom. The Bertz CT molecular complexity index is 1130. The van der Waals surface area contributed by atoms with E-state index in [0.717, 1.165) is 31.2 Å². The van der Waals surface area contributed by atoms with Crippen molar-refractivity contribution in [1.29, 1.82) is 0 Å². The van der Waals surface area contributed by atoms with E-state index in [1.807, 2.05) is 30.3 Å². The normalized spacial score (nSPS) is 15.1. The summed E-state index contributed by atoms with van der Waals surface area (Å²) in [5.41, 5.74) is 3.88. The molecule has 5 nitrogen and oxygen atoms in total. The summed E-state index contributed by atoms with van der Waals surface area (Å²) in [4.78, 5) is 30.5. The number of fused-ring (bicyclic) bond motifs is 1. The molecular weight excluding hydrogens is 386 g/mol. The minimum absolute atomic E-state index is 0.161. The molecular formula is C23H22ClN3O2. The lowest BCUT2D eigenvalue weighted by Gasteiger charge is -2.24. The lowest BCUT2D eigenvalue weighted by molar-refractivity contribution is -0.112. The maximum atomic E-state index is 13.1. The minimum Gasteiger partial charge on any atom is -0.268 e. The third-order valence-corrected chi connectivity index (χ3v) is 5.66. The van der Waals surface area contributed by atoms with Gasteiger partial charge in [0.2, 0.25) is 0 Å². The predicted molar refractivity (Wildman–Crippen MR) is 117 cm³/mol. The average molecular weight is 408 g/mol. The molecule has 1 aliphatic rings. The van der Waals surface area contributed by atoms with Gasteiger partial charge in [0.05, 0.1) is 10.9 Å². The van der Waals surface area contributed by atoms with Crippen molar-refractivity contribution in [2.24, 2.45) is 0 Å². The summed E-state index contributed by atoms with van der Waals surface area (Å²) < 4.78 is 1.33. The summed E-state index contributed by atoms with van der Waals surface area (Å²) in [6.07, 6.45) is 8.36. The highest BCUT2D eigenvalue weighted by molar-refractivity contribution is 6.32. The van der Waals surface area contributed by atoms with Crippen molar-refractivity contribution in [3.05, 3.63) is 81.4 Å². The largest absolute Gasteiger partial charge is 0.280 e. The predicted octanol–water partition coefficient (Wildman–Crippen LogP) is 4.88. The van der Waals surface area contributed by atoms with Crippen molar-refractivity contribution >= 4 is 34.5 Å². The fraction of sp³-hybridized carbons (Fsp3) is 0.261. The van der Waals surface area contributed by atoms with Crippen LogP contribution in [0.25, 0.3) is 17.0 Å². The number of carbonyl (C=O) groups is 1. The van der Waals surface area contributed by atoms with Crippen molar-refractivity contribution in [2.75, 3.05) is 5.43 Å². The zero-order valence-electron chi connectivity index (χ0n) is 16.0. The van der Waals surface area contributed by atoms with Crippen LogP contribution in [0, 0.1) is 0 Å². The van der Waals surface area contributed by atoms with Crippen LogP contribution in [0.15, 0.2) is 59.4 Å². The minimum atomic E-state index is -0.402. The summed E-state index contributed by atoms with van der Waals surface area (Å²) in [7, 11) is 0. The Morgan fingerprint density at radius 3 is 2.59 bits per heavy atom. The molecule has 0 unspecified atom stereocenters. The summed E-state index contributed by atoms with van der Waals surface area (Å²) in [6.45, 7) is 0. The SMILES string of the molecule is O=C(C=Cc1ccccc1Cl)Nn1c(C2CCCCC2)nc2ccccc2c1=O. The lowest BCUT2D eigenvalue weighted by Crippen LogP contribution is -2.37. The zero-order chi connectivity index (χ0) is 20.2. The van der Waals surface area contributed by atoms with Gasteiger partial charge in [-0.05, 0) is 42.7 Å². The first kappa shape index (κ1) is 19.4. The summed E-state index contributed by atoms with van der Waals surface area (Å²) in [5.74, 6) is 0.392. The Hall–Kier alpha value is -2.92. The van der Waals surface area contributed by atoms with Gasteiger partial charge < -0.3 is 0 Å². The van der Waals surface area contributed by atoms with Crippen LogP contribution in [0.5, 0.6) is 0 Å². The van der Waals surface area contributed by atoms with E-state index in [1.165, 1.54) is 17.2 Å². The maximum absolute atomic E-state index is 13.1. The standard InChI is InChI=1S/C23H22ClN3O2/c24-19-12-6-4-8-16(19)14-15-21(28)26-27-22(17-9-2-1-3-10-17)25-20-13-7-5-11-18(20)23(27)29/h4-8,11-15,17H,1-3,9-10H2,(H,26,28). The fourth-order valence-corrected chi connectivity index (χ4v) is 4.01. The number of aromatic nitrogens is 2. The Labute approximate surface area is 174 Å². The number of amides is 1. The number of nitrogens with one attached hydrogen (secondary N) is 1. The molecule has 3 aromatic rings. The molecule has 1 aliphatic carbocycles. The number of carbonyl (C=O) groups excluding carboxylic acids is 1. The molecule has 0 radical (unpaired) electrons. The number of nitrogens with zero attached hydrogens (tertiary/aromatic N) is 2. The summed E-state index contributed by atoms with van der Waals surface area (Å²) in [6, 6.07) is 14.5. The van der Waals surface area contributed by atoms with E-state index < -0.39 is 5.91 Å². The van der Waals surface area contributed by atoms with Crippen molar-refractivity contribution < 1.29 is 4.79 Å². The quantitative estimate of drug-likeness (QED) is 0.627. The van der Waals surface area contributed by atoms with E-state index in [9.17, 15) is 9.59 Å². The van der Waals surface area contributed by atoms with Crippen molar-refractivity contribution in [1.82, 2.24) is 9.66 Å². The van der Waals surface area contributed by atoms with E-state index in [2.05, 4.69) is 5.43 Å². The van der Waals surface area contributed by atoms with Crippen LogP contribution in [0.3, 0.4) is 0 Å². The smallest absolute Gasteiger partial charge is 0.268 e. The molecule has 1 aromatic heterocycles. The Kier molecular flexibility index (Phi) is 5.76. The monoisotopic (exact) mass is 407 g/mol. The molecule has 0 bridgehead atoms. The third kappa shape index (κ3) is 4.25. The van der Waals surface area contributed by atoms with Crippen LogP contribution in [-0.2, 0) is 4.79 Å². The number of benzene rings is 2. The number of hydrogen-bond donors (Lipinski definition) is 1. The van der Waals surface area contributed by atoms with E-state index in [-0.39, 0.29) is 11.5 Å². The van der Waals surface area contributed by atoms with Gasteiger partial charge in [-0.15, -0.1) is 0 Å². The molecule has 1 N–H and O–H groups in total. The van der Waals surface area contributed by atoms with Crippen LogP contribution in [0.1, 0.15) is 49.4 Å². The first-order valence-corrected chi connectivity index (χ1v) is 10.3. The second-order valence-corrected chi connectivity index (χ2v) is 7.70. The van der Waals surface area contributed by atoms with Gasteiger partial charge in [-0.2, -0.15) is 0 Å². The summed E-state index contributed by atoms with van der Waals surface area (Å²) >= 11 is 6.14. The summed E-state index contributed by atoms with van der Waals surface area (Å²) in [5, 5.41) is 1.05. The van der Waals surface area contributed by atoms with Gasteiger partial charge >= 0.3 is 0 Å². The highest BCUT2D eigenvalue weighted by Gasteiger charge is 2.23. The van der Waals surface area contributed by atoms with Crippen LogP contribution in [0.4, 0.5) is 0 Å². The second kappa shape index (κ2) is 8.62. The molecule has 6 heteroatoms. The fourth-order valence-electron chi connectivity index (χ4n) is 3.82. The molecule has 148 valence electrons. The van der Waals surface area contributed by atoms with Crippen LogP contribution in [-0.4, -0.2) is 15.6 Å². The van der Waals surface area contributed by atoms with Gasteiger partial charge in [-0.25, -0.2) is 9.66 Å². The van der Waals surface area contributed by atoms with Crippen LogP contribution in [0.2, 0.25) is 5.02 Å². The van der Waals surface area contributed by atoms with Crippen molar-refractivity contribution in [2.45, 2.75) is 38.0 Å². The number of rotatable bonds is 4. The molecule has 4 rings (SSSR count). The first-order valence-electron chi connectivity index (χ1n) is 9.89. The van der Waals surface area contributed by atoms with Crippen LogP contribution < -0.4 is 11.0 Å². The van der Waals surface area contributed by atoms with Gasteiger partial charge in [-0.1, -0.05) is 61.2 Å². The van der Waals surface area contributed by atoms with Gasteiger partial charge in [0.1, 0.15) is 5.82 Å².